The molecule has 0 spiro atoms. The van der Waals surface area contributed by atoms with Crippen LogP contribution in [0.4, 0.5) is 9.59 Å². The van der Waals surface area contributed by atoms with Crippen molar-refractivity contribution in [3.05, 3.63) is 47.5 Å². The SMILES string of the molecule is CNC(=O)N1CCCC(N(C(=O)NCc2ccc3ccc(C4CC4)cc3c2)C2CC2)C1. The van der Waals surface area contributed by atoms with Gasteiger partial charge >= 0.3 is 12.1 Å². The molecule has 1 saturated heterocycles. The van der Waals surface area contributed by atoms with Gasteiger partial charge in [0.2, 0.25) is 0 Å². The van der Waals surface area contributed by atoms with Crippen LogP contribution in [0.15, 0.2) is 36.4 Å². The topological polar surface area (TPSA) is 64.7 Å². The highest BCUT2D eigenvalue weighted by Crippen LogP contribution is 2.41. The first-order chi connectivity index (χ1) is 15.1. The van der Waals surface area contributed by atoms with Gasteiger partial charge in [-0.3, -0.25) is 0 Å². The van der Waals surface area contributed by atoms with Crippen molar-refractivity contribution in [1.82, 2.24) is 20.4 Å². The molecule has 3 fully saturated rings. The van der Waals surface area contributed by atoms with Crippen molar-refractivity contribution in [1.29, 1.82) is 0 Å². The molecule has 2 aromatic carbocycles. The second kappa shape index (κ2) is 8.40. The highest BCUT2D eigenvalue weighted by Gasteiger charge is 2.39. The summed E-state index contributed by atoms with van der Waals surface area (Å²) in [5, 5.41) is 8.37. The van der Waals surface area contributed by atoms with Gasteiger partial charge in [-0.25, -0.2) is 9.59 Å². The molecule has 1 heterocycles. The van der Waals surface area contributed by atoms with Gasteiger partial charge in [0.25, 0.3) is 0 Å². The molecule has 0 aromatic heterocycles. The van der Waals surface area contributed by atoms with Crippen LogP contribution in [0.1, 0.15) is 55.6 Å². The quantitative estimate of drug-likeness (QED) is 0.762. The van der Waals surface area contributed by atoms with Crippen LogP contribution in [0.25, 0.3) is 10.8 Å². The summed E-state index contributed by atoms with van der Waals surface area (Å²) in [6.45, 7) is 1.90. The molecule has 2 N–H and O–H groups in total. The average Bonchev–Trinajstić information content (AvgIpc) is 3.70. The Morgan fingerprint density at radius 2 is 1.81 bits per heavy atom. The summed E-state index contributed by atoms with van der Waals surface area (Å²) >= 11 is 0. The van der Waals surface area contributed by atoms with Crippen LogP contribution < -0.4 is 10.6 Å². The zero-order chi connectivity index (χ0) is 21.4. The van der Waals surface area contributed by atoms with E-state index < -0.39 is 0 Å². The highest BCUT2D eigenvalue weighted by molar-refractivity contribution is 5.84. The third kappa shape index (κ3) is 4.48. The summed E-state index contributed by atoms with van der Waals surface area (Å²) in [6.07, 6.45) is 6.61. The Morgan fingerprint density at radius 3 is 2.55 bits per heavy atom. The summed E-state index contributed by atoms with van der Waals surface area (Å²) in [4.78, 5) is 29.1. The van der Waals surface area contributed by atoms with Crippen LogP contribution in [0.2, 0.25) is 0 Å². The van der Waals surface area contributed by atoms with Crippen LogP contribution in [0.5, 0.6) is 0 Å². The Balaban J connectivity index is 1.25. The van der Waals surface area contributed by atoms with Crippen molar-refractivity contribution < 1.29 is 9.59 Å². The standard InChI is InChI=1S/C25H32N4O2/c1-26-24(30)28-12-2-3-23(16-28)29(22-10-11-22)25(31)27-15-17-4-5-19-8-9-20(18-6-7-18)14-21(19)13-17/h4-5,8-9,13-14,18,22-23H,2-3,6-7,10-12,15-16H2,1H3,(H,26,30)(H,27,31). The lowest BCUT2D eigenvalue weighted by molar-refractivity contribution is 0.116. The van der Waals surface area contributed by atoms with E-state index >= 15 is 0 Å². The molecule has 6 heteroatoms. The Labute approximate surface area is 184 Å². The fourth-order valence-corrected chi connectivity index (χ4v) is 4.87. The van der Waals surface area contributed by atoms with Crippen molar-refractivity contribution in [2.75, 3.05) is 20.1 Å². The number of rotatable bonds is 5. The number of likely N-dealkylation sites (tertiary alicyclic amines) is 1. The molecule has 3 aliphatic rings. The number of nitrogens with one attached hydrogen (secondary N) is 2. The lowest BCUT2D eigenvalue weighted by atomic mass is 10.0. The molecular weight excluding hydrogens is 388 g/mol. The number of amides is 4. The molecule has 2 aromatic rings. The second-order valence-corrected chi connectivity index (χ2v) is 9.31. The molecule has 31 heavy (non-hydrogen) atoms. The highest BCUT2D eigenvalue weighted by atomic mass is 16.2. The Hall–Kier alpha value is -2.76. The molecule has 2 aliphatic carbocycles. The van der Waals surface area contributed by atoms with Gasteiger partial charge in [0, 0.05) is 32.7 Å². The van der Waals surface area contributed by atoms with Gasteiger partial charge < -0.3 is 20.4 Å². The molecule has 6 nitrogen and oxygen atoms in total. The molecule has 0 bridgehead atoms. The summed E-state index contributed by atoms with van der Waals surface area (Å²) in [6, 6.07) is 13.6. The van der Waals surface area contributed by atoms with Crippen LogP contribution in [-0.4, -0.2) is 54.1 Å². The largest absolute Gasteiger partial charge is 0.341 e. The van der Waals surface area contributed by atoms with Gasteiger partial charge in [0.1, 0.15) is 0 Å². The third-order valence-electron chi connectivity index (χ3n) is 6.89. The van der Waals surface area contributed by atoms with E-state index in [0.29, 0.717) is 19.1 Å². The normalized spacial score (nSPS) is 21.1. The maximum absolute atomic E-state index is 13.2. The predicted molar refractivity (Wildman–Crippen MR) is 122 cm³/mol. The lowest BCUT2D eigenvalue weighted by Gasteiger charge is -2.39. The number of urea groups is 2. The molecule has 1 unspecified atom stereocenters. The Bertz CT molecular complexity index is 983. The van der Waals surface area contributed by atoms with Crippen LogP contribution in [0, 0.1) is 0 Å². The lowest BCUT2D eigenvalue weighted by Crippen LogP contribution is -2.56. The summed E-state index contributed by atoms with van der Waals surface area (Å²) in [5.74, 6) is 0.740. The third-order valence-corrected chi connectivity index (χ3v) is 6.89. The maximum atomic E-state index is 13.2. The second-order valence-electron chi connectivity index (χ2n) is 9.31. The van der Waals surface area contributed by atoms with Crippen molar-refractivity contribution in [2.45, 2.75) is 63.1 Å². The van der Waals surface area contributed by atoms with Gasteiger partial charge in [0.15, 0.2) is 0 Å². The number of nitrogens with zero attached hydrogens (tertiary/aromatic N) is 2. The first-order valence-corrected chi connectivity index (χ1v) is 11.7. The summed E-state index contributed by atoms with van der Waals surface area (Å²) < 4.78 is 0. The minimum atomic E-state index is -0.0532. The van der Waals surface area contributed by atoms with Crippen LogP contribution in [-0.2, 0) is 6.54 Å². The van der Waals surface area contributed by atoms with E-state index in [1.807, 2.05) is 9.80 Å². The zero-order valence-electron chi connectivity index (χ0n) is 18.3. The van der Waals surface area contributed by atoms with Crippen molar-refractivity contribution in [3.8, 4) is 0 Å². The van der Waals surface area contributed by atoms with Crippen LogP contribution >= 0.6 is 0 Å². The van der Waals surface area contributed by atoms with E-state index in [1.54, 1.807) is 7.05 Å². The molecular formula is C25H32N4O2. The average molecular weight is 421 g/mol. The van der Waals surface area contributed by atoms with Crippen molar-refractivity contribution in [2.24, 2.45) is 0 Å². The van der Waals surface area contributed by atoms with Gasteiger partial charge in [-0.05, 0) is 72.4 Å². The van der Waals surface area contributed by atoms with E-state index in [9.17, 15) is 9.59 Å². The van der Waals surface area contributed by atoms with E-state index in [0.717, 1.165) is 43.7 Å². The van der Waals surface area contributed by atoms with Gasteiger partial charge in [-0.1, -0.05) is 30.3 Å². The number of piperidine rings is 1. The van der Waals surface area contributed by atoms with Crippen LogP contribution in [0.3, 0.4) is 0 Å². The molecule has 4 amide bonds. The smallest absolute Gasteiger partial charge is 0.318 e. The molecule has 5 rings (SSSR count). The van der Waals surface area contributed by atoms with Crippen molar-refractivity contribution >= 4 is 22.8 Å². The van der Waals surface area contributed by atoms with E-state index in [4.69, 9.17) is 0 Å². The number of fused-ring (bicyclic) bond motifs is 1. The first kappa shape index (κ1) is 20.2. The number of hydrogen-bond donors (Lipinski definition) is 2. The van der Waals surface area contributed by atoms with Gasteiger partial charge in [-0.15, -0.1) is 0 Å². The van der Waals surface area contributed by atoms with Gasteiger partial charge in [0.05, 0.1) is 6.04 Å². The molecule has 2 saturated carbocycles. The van der Waals surface area contributed by atoms with E-state index in [2.05, 4.69) is 47.0 Å². The zero-order valence-corrected chi connectivity index (χ0v) is 18.3. The minimum absolute atomic E-state index is 0.00177. The number of benzene rings is 2. The predicted octanol–water partition coefficient (Wildman–Crippen LogP) is 4.20. The first-order valence-electron chi connectivity index (χ1n) is 11.7. The maximum Gasteiger partial charge on any atom is 0.318 e. The number of hydrogen-bond acceptors (Lipinski definition) is 2. The molecule has 164 valence electrons. The Kier molecular flexibility index (Phi) is 5.47. The minimum Gasteiger partial charge on any atom is -0.341 e. The fourth-order valence-electron chi connectivity index (χ4n) is 4.87. The van der Waals surface area contributed by atoms with E-state index in [-0.39, 0.29) is 18.1 Å². The fraction of sp³-hybridized carbons (Fsp3) is 0.520. The molecule has 1 atom stereocenters. The number of carbonyl (C=O) groups excluding carboxylic acids is 2. The monoisotopic (exact) mass is 420 g/mol. The number of carbonyl (C=O) groups is 2. The molecule has 1 aliphatic heterocycles. The Morgan fingerprint density at radius 1 is 1.00 bits per heavy atom. The summed E-state index contributed by atoms with van der Waals surface area (Å²) in [7, 11) is 1.66. The summed E-state index contributed by atoms with van der Waals surface area (Å²) in [5.41, 5.74) is 2.56. The van der Waals surface area contributed by atoms with Crippen molar-refractivity contribution in [3.63, 3.8) is 0 Å². The van der Waals surface area contributed by atoms with E-state index in [1.165, 1.54) is 29.2 Å². The van der Waals surface area contributed by atoms with Gasteiger partial charge in [-0.2, -0.15) is 0 Å². The molecule has 0 radical (unpaired) electrons.